The zero-order valence-corrected chi connectivity index (χ0v) is 17.4. The van der Waals surface area contributed by atoms with Crippen molar-refractivity contribution in [3.05, 3.63) is 71.3 Å². The summed E-state index contributed by atoms with van der Waals surface area (Å²) in [6.45, 7) is 1.10. The lowest BCUT2D eigenvalue weighted by Gasteiger charge is -2.52. The second-order valence-electron chi connectivity index (χ2n) is 8.23. The molecule has 2 aromatic carbocycles. The predicted octanol–water partition coefficient (Wildman–Crippen LogP) is 1.96. The third-order valence-corrected chi connectivity index (χ3v) is 6.39. The second kappa shape index (κ2) is 9.22. The van der Waals surface area contributed by atoms with Crippen LogP contribution in [0, 0.1) is 11.6 Å². The topological polar surface area (TPSA) is 84.3 Å². The standard InChI is InChI=1S/C23H25F2N3O4/c24-17-5-1-15(2-6-17)22(16-3-7-18(25)8-4-16)20-13-27(23(31)32)12-19-11-26(21(30)14-29)9-10-28(19)20/h1-8,19-20,22,29H,9-14H2,(H,31,32)/t19-,20?/m0/s1. The highest BCUT2D eigenvalue weighted by Crippen LogP contribution is 2.36. The van der Waals surface area contributed by atoms with E-state index in [0.717, 1.165) is 11.1 Å². The quantitative estimate of drug-likeness (QED) is 0.752. The Morgan fingerprint density at radius 3 is 1.91 bits per heavy atom. The highest BCUT2D eigenvalue weighted by molar-refractivity contribution is 5.77. The summed E-state index contributed by atoms with van der Waals surface area (Å²) in [6, 6.07) is 11.6. The molecule has 0 bridgehead atoms. The van der Waals surface area contributed by atoms with Crippen molar-refractivity contribution < 1.29 is 28.6 Å². The molecule has 32 heavy (non-hydrogen) atoms. The molecular formula is C23H25F2N3O4. The van der Waals surface area contributed by atoms with E-state index >= 15 is 0 Å². The number of hydrogen-bond acceptors (Lipinski definition) is 4. The first-order valence-corrected chi connectivity index (χ1v) is 10.5. The van der Waals surface area contributed by atoms with Crippen LogP contribution >= 0.6 is 0 Å². The lowest BCUT2D eigenvalue weighted by Crippen LogP contribution is -2.68. The van der Waals surface area contributed by atoms with Gasteiger partial charge in [0, 0.05) is 50.7 Å². The molecule has 0 saturated carbocycles. The third kappa shape index (κ3) is 4.44. The van der Waals surface area contributed by atoms with Gasteiger partial charge in [0.2, 0.25) is 5.91 Å². The number of amides is 2. The summed E-state index contributed by atoms with van der Waals surface area (Å²) in [5.41, 5.74) is 1.59. The molecule has 0 aliphatic carbocycles. The van der Waals surface area contributed by atoms with Gasteiger partial charge in [-0.3, -0.25) is 9.69 Å². The molecule has 170 valence electrons. The van der Waals surface area contributed by atoms with E-state index in [1.807, 2.05) is 0 Å². The van der Waals surface area contributed by atoms with Gasteiger partial charge in [0.1, 0.15) is 18.2 Å². The number of carbonyl (C=O) groups excluding carboxylic acids is 1. The minimum absolute atomic E-state index is 0.221. The number of nitrogens with zero attached hydrogens (tertiary/aromatic N) is 3. The van der Waals surface area contributed by atoms with Gasteiger partial charge in [-0.15, -0.1) is 0 Å². The van der Waals surface area contributed by atoms with Crippen LogP contribution in [0.5, 0.6) is 0 Å². The molecule has 4 rings (SSSR count). The number of aliphatic hydroxyl groups excluding tert-OH is 1. The molecule has 2 fully saturated rings. The molecule has 2 saturated heterocycles. The van der Waals surface area contributed by atoms with E-state index in [9.17, 15) is 28.6 Å². The summed E-state index contributed by atoms with van der Waals surface area (Å²) in [4.78, 5) is 29.0. The van der Waals surface area contributed by atoms with E-state index in [1.165, 1.54) is 29.2 Å². The third-order valence-electron chi connectivity index (χ3n) is 6.39. The van der Waals surface area contributed by atoms with Gasteiger partial charge in [-0.1, -0.05) is 24.3 Å². The Morgan fingerprint density at radius 2 is 1.41 bits per heavy atom. The van der Waals surface area contributed by atoms with Gasteiger partial charge in [-0.25, -0.2) is 13.6 Å². The SMILES string of the molecule is O=C(O)N1CC(C(c2ccc(F)cc2)c2ccc(F)cc2)N2CCN(C(=O)CO)C[C@H]2C1. The largest absolute Gasteiger partial charge is 0.465 e. The Hall–Kier alpha value is -3.04. The number of hydrogen-bond donors (Lipinski definition) is 2. The predicted molar refractivity (Wildman–Crippen MR) is 112 cm³/mol. The van der Waals surface area contributed by atoms with Gasteiger partial charge in [0.25, 0.3) is 0 Å². The van der Waals surface area contributed by atoms with Crippen LogP contribution in [0.4, 0.5) is 13.6 Å². The van der Waals surface area contributed by atoms with Crippen LogP contribution in [0.2, 0.25) is 0 Å². The molecule has 0 spiro atoms. The summed E-state index contributed by atoms with van der Waals surface area (Å²) >= 11 is 0. The van der Waals surface area contributed by atoms with Crippen molar-refractivity contribution in [3.8, 4) is 0 Å². The van der Waals surface area contributed by atoms with Crippen molar-refractivity contribution in [2.75, 3.05) is 39.3 Å². The molecule has 2 heterocycles. The van der Waals surface area contributed by atoms with Gasteiger partial charge >= 0.3 is 6.09 Å². The van der Waals surface area contributed by atoms with Gasteiger partial charge in [-0.2, -0.15) is 0 Å². The molecule has 2 atom stereocenters. The molecule has 2 aliphatic heterocycles. The number of piperazine rings is 2. The summed E-state index contributed by atoms with van der Waals surface area (Å²) in [5.74, 6) is -1.48. The molecule has 9 heteroatoms. The molecule has 1 unspecified atom stereocenters. The average molecular weight is 445 g/mol. The van der Waals surface area contributed by atoms with Crippen LogP contribution in [0.25, 0.3) is 0 Å². The molecule has 0 aromatic heterocycles. The van der Waals surface area contributed by atoms with Crippen LogP contribution in [0.1, 0.15) is 17.0 Å². The molecule has 2 N–H and O–H groups in total. The monoisotopic (exact) mass is 445 g/mol. The summed E-state index contributed by atoms with van der Waals surface area (Å²) in [6.07, 6.45) is -1.06. The first-order valence-electron chi connectivity index (χ1n) is 10.5. The van der Waals surface area contributed by atoms with Crippen molar-refractivity contribution in [2.45, 2.75) is 18.0 Å². The van der Waals surface area contributed by atoms with E-state index in [1.54, 1.807) is 29.2 Å². The van der Waals surface area contributed by atoms with Gasteiger partial charge < -0.3 is 20.0 Å². The fourth-order valence-electron chi connectivity index (χ4n) is 4.88. The average Bonchev–Trinajstić information content (AvgIpc) is 2.80. The fraction of sp³-hybridized carbons (Fsp3) is 0.391. The molecule has 2 aromatic rings. The maximum Gasteiger partial charge on any atom is 0.407 e. The van der Waals surface area contributed by atoms with E-state index in [4.69, 9.17) is 0 Å². The molecule has 0 radical (unpaired) electrons. The molecule has 2 amide bonds. The van der Waals surface area contributed by atoms with E-state index in [-0.39, 0.29) is 48.6 Å². The maximum atomic E-state index is 13.6. The van der Waals surface area contributed by atoms with Crippen LogP contribution in [0.3, 0.4) is 0 Å². The Balaban J connectivity index is 1.74. The van der Waals surface area contributed by atoms with Gasteiger partial charge in [0.05, 0.1) is 0 Å². The van der Waals surface area contributed by atoms with Crippen molar-refractivity contribution in [2.24, 2.45) is 0 Å². The Kier molecular flexibility index (Phi) is 6.38. The highest BCUT2D eigenvalue weighted by atomic mass is 19.1. The van der Waals surface area contributed by atoms with Crippen LogP contribution in [-0.2, 0) is 4.79 Å². The maximum absolute atomic E-state index is 13.6. The normalized spacial score (nSPS) is 21.5. The minimum Gasteiger partial charge on any atom is -0.465 e. The van der Waals surface area contributed by atoms with Crippen LogP contribution in [0.15, 0.2) is 48.5 Å². The molecular weight excluding hydrogens is 420 g/mol. The Morgan fingerprint density at radius 1 is 0.875 bits per heavy atom. The summed E-state index contributed by atoms with van der Waals surface area (Å²) in [7, 11) is 0. The number of rotatable bonds is 4. The summed E-state index contributed by atoms with van der Waals surface area (Å²) < 4.78 is 27.3. The number of benzene rings is 2. The smallest absolute Gasteiger partial charge is 0.407 e. The lowest BCUT2D eigenvalue weighted by atomic mass is 9.81. The molecule has 2 aliphatic rings. The van der Waals surface area contributed by atoms with Crippen molar-refractivity contribution >= 4 is 12.0 Å². The van der Waals surface area contributed by atoms with Gasteiger partial charge in [0.15, 0.2) is 0 Å². The number of halogens is 2. The number of carboxylic acid groups (broad SMARTS) is 1. The first-order chi connectivity index (χ1) is 15.4. The zero-order chi connectivity index (χ0) is 22.8. The van der Waals surface area contributed by atoms with E-state index < -0.39 is 12.7 Å². The summed E-state index contributed by atoms with van der Waals surface area (Å²) in [5, 5.41) is 19.0. The van der Waals surface area contributed by atoms with Crippen LogP contribution in [-0.4, -0.2) is 88.3 Å². The van der Waals surface area contributed by atoms with E-state index in [2.05, 4.69) is 4.90 Å². The number of fused-ring (bicyclic) bond motifs is 1. The highest BCUT2D eigenvalue weighted by Gasteiger charge is 2.44. The van der Waals surface area contributed by atoms with E-state index in [0.29, 0.717) is 19.6 Å². The number of carbonyl (C=O) groups is 2. The fourth-order valence-corrected chi connectivity index (χ4v) is 4.88. The van der Waals surface area contributed by atoms with Crippen molar-refractivity contribution in [3.63, 3.8) is 0 Å². The molecule has 7 nitrogen and oxygen atoms in total. The zero-order valence-electron chi connectivity index (χ0n) is 17.4. The van der Waals surface area contributed by atoms with Gasteiger partial charge in [-0.05, 0) is 35.4 Å². The van der Waals surface area contributed by atoms with Crippen molar-refractivity contribution in [1.82, 2.24) is 14.7 Å². The Labute approximate surface area is 184 Å². The lowest BCUT2D eigenvalue weighted by molar-refractivity contribution is -0.139. The Bertz CT molecular complexity index is 925. The minimum atomic E-state index is -1.06. The first kappa shape index (κ1) is 22.2. The second-order valence-corrected chi connectivity index (χ2v) is 8.23. The van der Waals surface area contributed by atoms with Crippen molar-refractivity contribution in [1.29, 1.82) is 0 Å². The van der Waals surface area contributed by atoms with Crippen LogP contribution < -0.4 is 0 Å². The number of aliphatic hydroxyl groups is 1.